The van der Waals surface area contributed by atoms with Gasteiger partial charge >= 0.3 is 0 Å². The Balaban J connectivity index is 1.67. The highest BCUT2D eigenvalue weighted by atomic mass is 32.2. The third-order valence-electron chi connectivity index (χ3n) is 3.85. The lowest BCUT2D eigenvalue weighted by Crippen LogP contribution is -2.10. The Bertz CT molecular complexity index is 822. The number of nitrogens with two attached hydrogens (primary N) is 1. The van der Waals surface area contributed by atoms with Gasteiger partial charge in [0.2, 0.25) is 17.4 Å². The minimum absolute atomic E-state index is 0.0182. The van der Waals surface area contributed by atoms with Crippen LogP contribution in [0.15, 0.2) is 60.2 Å². The van der Waals surface area contributed by atoms with Crippen LogP contribution in [0, 0.1) is 0 Å². The van der Waals surface area contributed by atoms with Gasteiger partial charge in [0.25, 0.3) is 0 Å². The van der Waals surface area contributed by atoms with E-state index in [4.69, 9.17) is 24.1 Å². The lowest BCUT2D eigenvalue weighted by molar-refractivity contribution is -0.122. The van der Waals surface area contributed by atoms with E-state index in [0.29, 0.717) is 22.8 Å². The highest BCUT2D eigenvalue weighted by Gasteiger charge is 2.38. The van der Waals surface area contributed by atoms with Crippen LogP contribution in [0.4, 0.5) is 0 Å². The minimum atomic E-state index is -0.859. The molecule has 2 aromatic rings. The lowest BCUT2D eigenvalue weighted by Gasteiger charge is -2.13. The van der Waals surface area contributed by atoms with Crippen molar-refractivity contribution < 1.29 is 23.2 Å². The van der Waals surface area contributed by atoms with Gasteiger partial charge in [-0.05, 0) is 17.7 Å². The average molecular weight is 373 g/mol. The molecule has 0 fully saturated rings. The van der Waals surface area contributed by atoms with Gasteiger partial charge in [-0.3, -0.25) is 4.79 Å². The molecule has 0 amide bonds. The van der Waals surface area contributed by atoms with Gasteiger partial charge < -0.3 is 24.1 Å². The van der Waals surface area contributed by atoms with Gasteiger partial charge in [-0.25, -0.2) is 0 Å². The Kier molecular flexibility index (Phi) is 5.58. The van der Waals surface area contributed by atoms with Crippen LogP contribution in [0.3, 0.4) is 0 Å². The Morgan fingerprint density at radius 1 is 1.08 bits per heavy atom. The SMILES string of the molecule is COc1ccc(C2OC(N)=C(OSCc3ccccc3)C2=O)cc1OC. The summed E-state index contributed by atoms with van der Waals surface area (Å²) in [5.74, 6) is 1.35. The maximum atomic E-state index is 12.6. The molecule has 2 aromatic carbocycles. The summed E-state index contributed by atoms with van der Waals surface area (Å²) >= 11 is 1.14. The molecule has 1 atom stereocenters. The number of carbonyl (C=O) groups is 1. The molecule has 7 heteroatoms. The van der Waals surface area contributed by atoms with Crippen LogP contribution in [0.25, 0.3) is 0 Å². The minimum Gasteiger partial charge on any atom is -0.493 e. The molecule has 6 nitrogen and oxygen atoms in total. The molecular formula is C19H19NO5S. The van der Waals surface area contributed by atoms with Crippen molar-refractivity contribution in [2.75, 3.05) is 14.2 Å². The van der Waals surface area contributed by atoms with Crippen molar-refractivity contribution in [3.8, 4) is 11.5 Å². The van der Waals surface area contributed by atoms with Gasteiger partial charge in [-0.15, -0.1) is 0 Å². The van der Waals surface area contributed by atoms with Gasteiger partial charge in [0.1, 0.15) is 0 Å². The second-order valence-corrected chi connectivity index (χ2v) is 6.19. The standard InChI is InChI=1S/C19H19NO5S/c1-22-14-9-8-13(10-15(14)23-2)17-16(21)18(19(20)24-17)25-26-11-12-6-4-3-5-7-12/h3-10,17H,11,20H2,1-2H3. The van der Waals surface area contributed by atoms with Crippen molar-refractivity contribution in [3.63, 3.8) is 0 Å². The molecule has 136 valence electrons. The predicted octanol–water partition coefficient (Wildman–Crippen LogP) is 3.34. The monoisotopic (exact) mass is 373 g/mol. The van der Waals surface area contributed by atoms with Crippen LogP contribution < -0.4 is 15.2 Å². The summed E-state index contributed by atoms with van der Waals surface area (Å²) in [5.41, 5.74) is 7.54. The topological polar surface area (TPSA) is 80.0 Å². The number of hydrogen-bond donors (Lipinski definition) is 1. The summed E-state index contributed by atoms with van der Waals surface area (Å²) in [5, 5.41) is 0. The maximum Gasteiger partial charge on any atom is 0.249 e. The van der Waals surface area contributed by atoms with Crippen LogP contribution in [-0.4, -0.2) is 20.0 Å². The van der Waals surface area contributed by atoms with Crippen molar-refractivity contribution in [2.45, 2.75) is 11.9 Å². The van der Waals surface area contributed by atoms with E-state index in [1.807, 2.05) is 30.3 Å². The van der Waals surface area contributed by atoms with Crippen LogP contribution >= 0.6 is 12.0 Å². The third-order valence-corrected chi connectivity index (χ3v) is 4.59. The van der Waals surface area contributed by atoms with Gasteiger partial charge in [0.05, 0.1) is 32.0 Å². The number of benzene rings is 2. The summed E-state index contributed by atoms with van der Waals surface area (Å²) in [6, 6.07) is 14.9. The van der Waals surface area contributed by atoms with Crippen LogP contribution in [0.1, 0.15) is 17.2 Å². The molecule has 0 bridgehead atoms. The van der Waals surface area contributed by atoms with E-state index < -0.39 is 6.10 Å². The Labute approximate surface area is 156 Å². The smallest absolute Gasteiger partial charge is 0.249 e. The van der Waals surface area contributed by atoms with Crippen LogP contribution in [-0.2, 0) is 19.5 Å². The largest absolute Gasteiger partial charge is 0.493 e. The molecule has 3 rings (SSSR count). The number of carbonyl (C=O) groups excluding carboxylic acids is 1. The zero-order valence-electron chi connectivity index (χ0n) is 14.4. The van der Waals surface area contributed by atoms with Crippen molar-refractivity contribution in [3.05, 3.63) is 71.3 Å². The van der Waals surface area contributed by atoms with E-state index in [-0.39, 0.29) is 17.4 Å². The fourth-order valence-corrected chi connectivity index (χ4v) is 3.19. The zero-order chi connectivity index (χ0) is 18.5. The van der Waals surface area contributed by atoms with Crippen molar-refractivity contribution in [1.82, 2.24) is 0 Å². The van der Waals surface area contributed by atoms with Gasteiger partial charge in [0.15, 0.2) is 17.6 Å². The predicted molar refractivity (Wildman–Crippen MR) is 98.4 cm³/mol. The molecule has 1 aliphatic rings. The highest BCUT2D eigenvalue weighted by Crippen LogP contribution is 2.37. The van der Waals surface area contributed by atoms with E-state index in [2.05, 4.69) is 0 Å². The third kappa shape index (κ3) is 3.72. The first-order valence-electron chi connectivity index (χ1n) is 7.90. The molecule has 1 unspecified atom stereocenters. The maximum absolute atomic E-state index is 12.6. The second kappa shape index (κ2) is 8.05. The zero-order valence-corrected chi connectivity index (χ0v) is 15.2. The molecule has 1 heterocycles. The van der Waals surface area contributed by atoms with Crippen molar-refractivity contribution in [2.24, 2.45) is 5.73 Å². The molecule has 0 radical (unpaired) electrons. The molecule has 0 aromatic heterocycles. The molecule has 0 saturated heterocycles. The van der Waals surface area contributed by atoms with Gasteiger partial charge in [-0.2, -0.15) is 0 Å². The number of hydrogen-bond acceptors (Lipinski definition) is 7. The number of ether oxygens (including phenoxy) is 3. The first-order chi connectivity index (χ1) is 12.6. The first-order valence-corrected chi connectivity index (χ1v) is 8.81. The molecule has 0 aliphatic carbocycles. The van der Waals surface area contributed by atoms with Crippen LogP contribution in [0.5, 0.6) is 11.5 Å². The molecule has 2 N–H and O–H groups in total. The average Bonchev–Trinajstić information content (AvgIpc) is 2.96. The van der Waals surface area contributed by atoms with Crippen molar-refractivity contribution >= 4 is 17.8 Å². The number of Topliss-reactive ketones (excluding diaryl/α,β-unsaturated/α-hetero) is 1. The van der Waals surface area contributed by atoms with E-state index in [1.165, 1.54) is 7.11 Å². The normalized spacial score (nSPS) is 16.4. The summed E-state index contributed by atoms with van der Waals surface area (Å²) in [4.78, 5) is 12.6. The number of ketones is 1. The van der Waals surface area contributed by atoms with Gasteiger partial charge in [0, 0.05) is 5.56 Å². The molecular weight excluding hydrogens is 354 g/mol. The van der Waals surface area contributed by atoms with E-state index in [1.54, 1.807) is 25.3 Å². The summed E-state index contributed by atoms with van der Waals surface area (Å²) in [6.45, 7) is 0. The van der Waals surface area contributed by atoms with Crippen molar-refractivity contribution in [1.29, 1.82) is 0 Å². The fraction of sp³-hybridized carbons (Fsp3) is 0.211. The number of rotatable bonds is 7. The molecule has 1 aliphatic heterocycles. The van der Waals surface area contributed by atoms with E-state index in [0.717, 1.165) is 17.6 Å². The Morgan fingerprint density at radius 3 is 2.50 bits per heavy atom. The Morgan fingerprint density at radius 2 is 1.81 bits per heavy atom. The fourth-order valence-electron chi connectivity index (χ4n) is 2.52. The molecule has 0 saturated carbocycles. The first kappa shape index (κ1) is 18.0. The summed E-state index contributed by atoms with van der Waals surface area (Å²) in [6.07, 6.45) is -0.859. The lowest BCUT2D eigenvalue weighted by atomic mass is 10.1. The summed E-state index contributed by atoms with van der Waals surface area (Å²) < 4.78 is 21.5. The second-order valence-electron chi connectivity index (χ2n) is 5.50. The quantitative estimate of drug-likeness (QED) is 0.746. The number of methoxy groups -OCH3 is 2. The molecule has 26 heavy (non-hydrogen) atoms. The van der Waals surface area contributed by atoms with Gasteiger partial charge in [-0.1, -0.05) is 36.4 Å². The molecule has 0 spiro atoms. The van der Waals surface area contributed by atoms with E-state index in [9.17, 15) is 4.79 Å². The van der Waals surface area contributed by atoms with E-state index >= 15 is 0 Å². The Hall–Kier alpha value is -2.80. The van der Waals surface area contributed by atoms with Crippen LogP contribution in [0.2, 0.25) is 0 Å². The summed E-state index contributed by atoms with van der Waals surface area (Å²) in [7, 11) is 3.07. The highest BCUT2D eigenvalue weighted by molar-refractivity contribution is 7.94.